The molecule has 0 unspecified atom stereocenters. The van der Waals surface area contributed by atoms with Crippen LogP contribution in [0.5, 0.6) is 11.5 Å². The van der Waals surface area contributed by atoms with E-state index in [1.165, 1.54) is 12.1 Å². The van der Waals surface area contributed by atoms with Crippen molar-refractivity contribution in [1.29, 1.82) is 0 Å². The van der Waals surface area contributed by atoms with Crippen LogP contribution in [0.3, 0.4) is 0 Å². The van der Waals surface area contributed by atoms with Gasteiger partial charge in [-0.05, 0) is 68.7 Å². The average molecular weight is 442 g/mol. The molecule has 0 saturated heterocycles. The second kappa shape index (κ2) is 7.42. The average Bonchev–Trinajstić information content (AvgIpc) is 2.87. The van der Waals surface area contributed by atoms with Crippen LogP contribution in [0.1, 0.15) is 31.8 Å². The second-order valence-corrected chi connectivity index (χ2v) is 8.34. The summed E-state index contributed by atoms with van der Waals surface area (Å²) >= 11 is 0. The van der Waals surface area contributed by atoms with Gasteiger partial charge in [-0.3, -0.25) is 9.59 Å². The molecule has 0 fully saturated rings. The van der Waals surface area contributed by atoms with E-state index in [9.17, 15) is 19.8 Å². The van der Waals surface area contributed by atoms with Gasteiger partial charge in [-0.2, -0.15) is 0 Å². The summed E-state index contributed by atoms with van der Waals surface area (Å²) in [5, 5.41) is 25.7. The first kappa shape index (κ1) is 19.9. The van der Waals surface area contributed by atoms with Crippen LogP contribution in [-0.2, 0) is 0 Å². The van der Waals surface area contributed by atoms with Gasteiger partial charge >= 0.3 is 0 Å². The van der Waals surface area contributed by atoms with Crippen molar-refractivity contribution in [3.05, 3.63) is 119 Å². The van der Waals surface area contributed by atoms with Gasteiger partial charge in [0.25, 0.3) is 0 Å². The Morgan fingerprint density at radius 3 is 1.24 bits per heavy atom. The number of hydrogen-bond acceptors (Lipinski definition) is 4. The van der Waals surface area contributed by atoms with Gasteiger partial charge in [0.15, 0.2) is 11.6 Å². The van der Waals surface area contributed by atoms with Gasteiger partial charge in [-0.25, -0.2) is 0 Å². The third-order valence-electron chi connectivity index (χ3n) is 6.45. The maximum absolute atomic E-state index is 13.4. The lowest BCUT2D eigenvalue weighted by molar-refractivity contribution is 0.102. The number of aromatic hydroxyl groups is 2. The largest absolute Gasteiger partial charge is 0.507 e. The van der Waals surface area contributed by atoms with Gasteiger partial charge < -0.3 is 10.2 Å². The quantitative estimate of drug-likeness (QED) is 0.243. The molecule has 0 heterocycles. The van der Waals surface area contributed by atoms with Crippen molar-refractivity contribution in [3.63, 3.8) is 0 Å². The smallest absolute Gasteiger partial charge is 0.197 e. The number of phenols is 2. The number of carbonyl (C=O) groups is 2. The van der Waals surface area contributed by atoms with Crippen molar-refractivity contribution in [1.82, 2.24) is 0 Å². The van der Waals surface area contributed by atoms with Crippen LogP contribution in [-0.4, -0.2) is 21.8 Å². The first-order valence-electron chi connectivity index (χ1n) is 10.9. The lowest BCUT2D eigenvalue weighted by Crippen LogP contribution is -2.05. The van der Waals surface area contributed by atoms with Gasteiger partial charge in [-0.1, -0.05) is 60.7 Å². The van der Waals surface area contributed by atoms with Crippen molar-refractivity contribution in [2.24, 2.45) is 0 Å². The van der Waals surface area contributed by atoms with Gasteiger partial charge in [-0.15, -0.1) is 0 Å². The molecule has 0 aliphatic heterocycles. The highest BCUT2D eigenvalue weighted by Gasteiger charge is 2.21. The van der Waals surface area contributed by atoms with Crippen LogP contribution < -0.4 is 0 Å². The van der Waals surface area contributed by atoms with Crippen molar-refractivity contribution >= 4 is 43.9 Å². The van der Waals surface area contributed by atoms with Gasteiger partial charge in [0.1, 0.15) is 11.5 Å². The van der Waals surface area contributed by atoms with Crippen LogP contribution in [0.4, 0.5) is 0 Å². The van der Waals surface area contributed by atoms with E-state index in [1.54, 1.807) is 48.5 Å². The Hall–Kier alpha value is -4.70. The van der Waals surface area contributed by atoms with E-state index < -0.39 is 0 Å². The van der Waals surface area contributed by atoms with Gasteiger partial charge in [0.2, 0.25) is 0 Å². The predicted molar refractivity (Wildman–Crippen MR) is 133 cm³/mol. The monoisotopic (exact) mass is 442 g/mol. The Balaban J connectivity index is 1.63. The lowest BCUT2D eigenvalue weighted by Gasteiger charge is -2.16. The molecule has 6 rings (SSSR count). The summed E-state index contributed by atoms with van der Waals surface area (Å²) in [5.74, 6) is -0.648. The summed E-state index contributed by atoms with van der Waals surface area (Å²) in [5.41, 5.74) is 1.46. The zero-order valence-electron chi connectivity index (χ0n) is 17.9. The van der Waals surface area contributed by atoms with Gasteiger partial charge in [0, 0.05) is 11.1 Å². The number of rotatable bonds is 4. The Labute approximate surface area is 194 Å². The number of para-hydroxylation sites is 2. The lowest BCUT2D eigenvalue weighted by atomic mass is 9.87. The van der Waals surface area contributed by atoms with E-state index in [0.717, 1.165) is 32.3 Å². The predicted octanol–water partition coefficient (Wildman–Crippen LogP) is 6.46. The maximum atomic E-state index is 13.4. The Kier molecular flexibility index (Phi) is 4.36. The SMILES string of the molecule is O=C(c1ccccc1O)c1ccc2ccc3c(C(=O)c4ccccc4O)ccc4ccc1c2c43. The van der Waals surface area contributed by atoms with Crippen LogP contribution in [0.15, 0.2) is 97.1 Å². The minimum atomic E-state index is -0.262. The molecule has 0 radical (unpaired) electrons. The molecule has 0 aliphatic rings. The van der Waals surface area contributed by atoms with Crippen LogP contribution in [0.2, 0.25) is 0 Å². The molecule has 0 aliphatic carbocycles. The molecule has 0 saturated carbocycles. The van der Waals surface area contributed by atoms with E-state index in [-0.39, 0.29) is 34.2 Å². The minimum Gasteiger partial charge on any atom is -0.507 e. The van der Waals surface area contributed by atoms with Crippen LogP contribution >= 0.6 is 0 Å². The van der Waals surface area contributed by atoms with E-state index in [1.807, 2.05) is 36.4 Å². The molecule has 162 valence electrons. The molecular weight excluding hydrogens is 424 g/mol. The van der Waals surface area contributed by atoms with Gasteiger partial charge in [0.05, 0.1) is 11.1 Å². The van der Waals surface area contributed by atoms with Crippen LogP contribution in [0.25, 0.3) is 32.3 Å². The van der Waals surface area contributed by atoms with Crippen molar-refractivity contribution in [2.75, 3.05) is 0 Å². The normalized spacial score (nSPS) is 11.4. The Morgan fingerprint density at radius 2 is 0.824 bits per heavy atom. The summed E-state index contributed by atoms with van der Waals surface area (Å²) in [6.45, 7) is 0. The van der Waals surface area contributed by atoms with Crippen molar-refractivity contribution < 1.29 is 19.8 Å². The van der Waals surface area contributed by atoms with E-state index in [0.29, 0.717) is 11.1 Å². The van der Waals surface area contributed by atoms with Crippen molar-refractivity contribution in [2.45, 2.75) is 0 Å². The molecule has 6 aromatic carbocycles. The third kappa shape index (κ3) is 2.86. The summed E-state index contributed by atoms with van der Waals surface area (Å²) in [7, 11) is 0. The molecule has 4 nitrogen and oxygen atoms in total. The highest BCUT2D eigenvalue weighted by molar-refractivity contribution is 6.31. The maximum Gasteiger partial charge on any atom is 0.197 e. The fraction of sp³-hybridized carbons (Fsp3) is 0. The molecule has 0 aromatic heterocycles. The fourth-order valence-electron chi connectivity index (χ4n) is 4.82. The number of hydrogen-bond donors (Lipinski definition) is 2. The molecule has 4 heteroatoms. The molecule has 0 spiro atoms. The number of ketones is 2. The van der Waals surface area contributed by atoms with Crippen LogP contribution in [0, 0.1) is 0 Å². The number of carbonyl (C=O) groups excluding carboxylic acids is 2. The van der Waals surface area contributed by atoms with Crippen molar-refractivity contribution in [3.8, 4) is 11.5 Å². The molecule has 0 amide bonds. The number of phenolic OH excluding ortho intramolecular Hbond substituents is 2. The first-order chi connectivity index (χ1) is 16.5. The summed E-state index contributed by atoms with van der Waals surface area (Å²) in [6, 6.07) is 28.1. The summed E-state index contributed by atoms with van der Waals surface area (Å²) < 4.78 is 0. The molecule has 0 atom stereocenters. The zero-order chi connectivity index (χ0) is 23.4. The molecular formula is C30H18O4. The summed E-state index contributed by atoms with van der Waals surface area (Å²) in [4.78, 5) is 26.7. The zero-order valence-corrected chi connectivity index (χ0v) is 17.9. The van der Waals surface area contributed by atoms with E-state index >= 15 is 0 Å². The molecule has 34 heavy (non-hydrogen) atoms. The molecule has 6 aromatic rings. The fourth-order valence-corrected chi connectivity index (χ4v) is 4.82. The number of benzene rings is 6. The standard InChI is InChI=1S/C30H18O4/c31-25-7-3-1-5-23(25)29(33)21-15-11-17-10-14-20-22(30(34)24-6-2-4-8-26(24)32)16-12-18-9-13-19(21)27(17)28(18)20/h1-16,31-32H. The minimum absolute atomic E-state index is 0.0613. The highest BCUT2D eigenvalue weighted by Crippen LogP contribution is 2.39. The first-order valence-corrected chi connectivity index (χ1v) is 10.9. The van der Waals surface area contributed by atoms with E-state index in [2.05, 4.69) is 0 Å². The second-order valence-electron chi connectivity index (χ2n) is 8.34. The molecule has 0 bridgehead atoms. The summed E-state index contributed by atoms with van der Waals surface area (Å²) in [6.07, 6.45) is 0. The Morgan fingerprint density at radius 1 is 0.441 bits per heavy atom. The Bertz CT molecular complexity index is 1630. The topological polar surface area (TPSA) is 74.6 Å². The molecule has 2 N–H and O–H groups in total. The third-order valence-corrected chi connectivity index (χ3v) is 6.45. The van der Waals surface area contributed by atoms with E-state index in [4.69, 9.17) is 0 Å². The highest BCUT2D eigenvalue weighted by atomic mass is 16.3.